The topological polar surface area (TPSA) is 54.0 Å². The number of rotatable bonds is 7. The standard InChI is InChI=1S/C18H20O5/c1-20-15-9-8-12(10-17(15)22-3)14(11-19)13-6-5-7-16(21-2)18(13)23-4/h5-11,14H,1-4H3. The number of carbonyl (C=O) groups excluding carboxylic acids is 1. The Bertz CT molecular complexity index is 681. The lowest BCUT2D eigenvalue weighted by molar-refractivity contribution is -0.108. The predicted molar refractivity (Wildman–Crippen MR) is 87.0 cm³/mol. The monoisotopic (exact) mass is 316 g/mol. The minimum atomic E-state index is -0.500. The van der Waals surface area contributed by atoms with Crippen molar-refractivity contribution in [2.45, 2.75) is 5.92 Å². The van der Waals surface area contributed by atoms with Crippen LogP contribution in [0.2, 0.25) is 0 Å². The average molecular weight is 316 g/mol. The summed E-state index contributed by atoms with van der Waals surface area (Å²) < 4.78 is 21.3. The van der Waals surface area contributed by atoms with Gasteiger partial charge in [0.15, 0.2) is 23.0 Å². The van der Waals surface area contributed by atoms with Crippen LogP contribution in [0.15, 0.2) is 36.4 Å². The summed E-state index contributed by atoms with van der Waals surface area (Å²) in [5.41, 5.74) is 1.51. The van der Waals surface area contributed by atoms with Gasteiger partial charge >= 0.3 is 0 Å². The van der Waals surface area contributed by atoms with Gasteiger partial charge in [-0.3, -0.25) is 0 Å². The summed E-state index contributed by atoms with van der Waals surface area (Å²) in [6.45, 7) is 0. The molecule has 5 nitrogen and oxygen atoms in total. The van der Waals surface area contributed by atoms with Crippen LogP contribution in [0.25, 0.3) is 0 Å². The Labute approximate surface area is 135 Å². The van der Waals surface area contributed by atoms with Gasteiger partial charge in [-0.25, -0.2) is 0 Å². The Morgan fingerprint density at radius 1 is 0.826 bits per heavy atom. The molecule has 0 amide bonds. The van der Waals surface area contributed by atoms with Gasteiger partial charge in [0.1, 0.15) is 6.29 Å². The normalized spacial score (nSPS) is 11.5. The number of ether oxygens (including phenoxy) is 4. The van der Waals surface area contributed by atoms with Gasteiger partial charge in [-0.15, -0.1) is 0 Å². The molecule has 23 heavy (non-hydrogen) atoms. The zero-order chi connectivity index (χ0) is 16.8. The molecule has 2 aromatic rings. The average Bonchev–Trinajstić information content (AvgIpc) is 2.61. The second-order valence-corrected chi connectivity index (χ2v) is 4.81. The first-order valence-corrected chi connectivity index (χ1v) is 7.08. The zero-order valence-corrected chi connectivity index (χ0v) is 13.7. The van der Waals surface area contributed by atoms with Crippen molar-refractivity contribution in [2.24, 2.45) is 0 Å². The van der Waals surface area contributed by atoms with E-state index in [1.807, 2.05) is 18.2 Å². The summed E-state index contributed by atoms with van der Waals surface area (Å²) in [5.74, 6) is 1.80. The molecule has 0 spiro atoms. The van der Waals surface area contributed by atoms with Crippen LogP contribution in [0.4, 0.5) is 0 Å². The van der Waals surface area contributed by atoms with Crippen LogP contribution in [-0.4, -0.2) is 34.7 Å². The highest BCUT2D eigenvalue weighted by atomic mass is 16.5. The van der Waals surface area contributed by atoms with E-state index in [4.69, 9.17) is 18.9 Å². The highest BCUT2D eigenvalue weighted by molar-refractivity contribution is 5.72. The van der Waals surface area contributed by atoms with E-state index in [1.54, 1.807) is 46.6 Å². The third-order valence-electron chi connectivity index (χ3n) is 3.67. The maximum Gasteiger partial charge on any atom is 0.164 e. The van der Waals surface area contributed by atoms with E-state index in [2.05, 4.69) is 0 Å². The summed E-state index contributed by atoms with van der Waals surface area (Å²) >= 11 is 0. The molecule has 0 radical (unpaired) electrons. The van der Waals surface area contributed by atoms with Crippen molar-refractivity contribution >= 4 is 6.29 Å². The number of hydrogen-bond acceptors (Lipinski definition) is 5. The van der Waals surface area contributed by atoms with Crippen molar-refractivity contribution in [1.29, 1.82) is 0 Å². The molecule has 0 N–H and O–H groups in total. The van der Waals surface area contributed by atoms with Crippen molar-refractivity contribution in [2.75, 3.05) is 28.4 Å². The molecule has 122 valence electrons. The molecule has 2 aromatic carbocycles. The van der Waals surface area contributed by atoms with E-state index in [9.17, 15) is 4.79 Å². The van der Waals surface area contributed by atoms with Crippen LogP contribution in [-0.2, 0) is 4.79 Å². The molecule has 0 saturated heterocycles. The molecular formula is C18H20O5. The highest BCUT2D eigenvalue weighted by Crippen LogP contribution is 2.39. The summed E-state index contributed by atoms with van der Waals surface area (Å²) in [6, 6.07) is 10.9. The molecule has 0 heterocycles. The van der Waals surface area contributed by atoms with Gasteiger partial charge < -0.3 is 23.7 Å². The molecule has 0 saturated carbocycles. The number of hydrogen-bond donors (Lipinski definition) is 0. The Balaban J connectivity index is 2.55. The number of benzene rings is 2. The second-order valence-electron chi connectivity index (χ2n) is 4.81. The fourth-order valence-electron chi connectivity index (χ4n) is 2.53. The first-order chi connectivity index (χ1) is 11.2. The summed E-state index contributed by atoms with van der Waals surface area (Å²) in [5, 5.41) is 0. The fourth-order valence-corrected chi connectivity index (χ4v) is 2.53. The third-order valence-corrected chi connectivity index (χ3v) is 3.67. The maximum absolute atomic E-state index is 11.8. The molecule has 5 heteroatoms. The van der Waals surface area contributed by atoms with Crippen molar-refractivity contribution in [1.82, 2.24) is 0 Å². The second kappa shape index (κ2) is 7.54. The van der Waals surface area contributed by atoms with Crippen LogP contribution >= 0.6 is 0 Å². The molecule has 0 aliphatic rings. The minimum Gasteiger partial charge on any atom is -0.493 e. The van der Waals surface area contributed by atoms with E-state index in [-0.39, 0.29) is 0 Å². The fraction of sp³-hybridized carbons (Fsp3) is 0.278. The van der Waals surface area contributed by atoms with Gasteiger partial charge in [-0.05, 0) is 23.8 Å². The SMILES string of the molecule is COc1ccc(C(C=O)c2cccc(OC)c2OC)cc1OC. The lowest BCUT2D eigenvalue weighted by Gasteiger charge is -2.18. The molecule has 0 aliphatic carbocycles. The smallest absolute Gasteiger partial charge is 0.164 e. The van der Waals surface area contributed by atoms with Gasteiger partial charge in [0.05, 0.1) is 34.4 Å². The molecular weight excluding hydrogens is 296 g/mol. The van der Waals surface area contributed by atoms with Gasteiger partial charge in [-0.2, -0.15) is 0 Å². The number of carbonyl (C=O) groups is 1. The van der Waals surface area contributed by atoms with Crippen LogP contribution in [0.1, 0.15) is 17.0 Å². The molecule has 0 aromatic heterocycles. The minimum absolute atomic E-state index is 0.500. The van der Waals surface area contributed by atoms with Crippen molar-refractivity contribution < 1.29 is 23.7 Å². The van der Waals surface area contributed by atoms with Crippen LogP contribution in [0.3, 0.4) is 0 Å². The van der Waals surface area contributed by atoms with E-state index in [0.717, 1.165) is 17.4 Å². The Morgan fingerprint density at radius 3 is 2.09 bits per heavy atom. The van der Waals surface area contributed by atoms with Gasteiger partial charge in [0.25, 0.3) is 0 Å². The van der Waals surface area contributed by atoms with Gasteiger partial charge in [0, 0.05) is 5.56 Å². The molecule has 0 aliphatic heterocycles. The van der Waals surface area contributed by atoms with E-state index < -0.39 is 5.92 Å². The molecule has 1 atom stereocenters. The van der Waals surface area contributed by atoms with E-state index >= 15 is 0 Å². The van der Waals surface area contributed by atoms with Gasteiger partial charge in [0.2, 0.25) is 0 Å². The molecule has 0 bridgehead atoms. The first-order valence-electron chi connectivity index (χ1n) is 7.08. The highest BCUT2D eigenvalue weighted by Gasteiger charge is 2.21. The molecule has 2 rings (SSSR count). The summed E-state index contributed by atoms with van der Waals surface area (Å²) in [7, 11) is 6.25. The molecule has 0 fully saturated rings. The van der Waals surface area contributed by atoms with E-state index in [0.29, 0.717) is 23.0 Å². The lowest BCUT2D eigenvalue weighted by atomic mass is 9.91. The summed E-state index contributed by atoms with van der Waals surface area (Å²) in [6.07, 6.45) is 0.874. The maximum atomic E-state index is 11.8. The Morgan fingerprint density at radius 2 is 1.52 bits per heavy atom. The Kier molecular flexibility index (Phi) is 5.46. The van der Waals surface area contributed by atoms with Crippen molar-refractivity contribution in [3.8, 4) is 23.0 Å². The number of aldehydes is 1. The van der Waals surface area contributed by atoms with Crippen LogP contribution in [0.5, 0.6) is 23.0 Å². The Hall–Kier alpha value is -2.69. The third kappa shape index (κ3) is 3.23. The van der Waals surface area contributed by atoms with Crippen LogP contribution < -0.4 is 18.9 Å². The van der Waals surface area contributed by atoms with E-state index in [1.165, 1.54) is 0 Å². The first kappa shape index (κ1) is 16.7. The van der Waals surface area contributed by atoms with Crippen LogP contribution in [0, 0.1) is 0 Å². The van der Waals surface area contributed by atoms with Gasteiger partial charge in [-0.1, -0.05) is 18.2 Å². The van der Waals surface area contributed by atoms with Crippen molar-refractivity contribution in [3.05, 3.63) is 47.5 Å². The summed E-state index contributed by atoms with van der Waals surface area (Å²) in [4.78, 5) is 11.8. The lowest BCUT2D eigenvalue weighted by Crippen LogP contribution is -2.06. The van der Waals surface area contributed by atoms with Crippen molar-refractivity contribution in [3.63, 3.8) is 0 Å². The number of methoxy groups -OCH3 is 4. The molecule has 1 unspecified atom stereocenters. The largest absolute Gasteiger partial charge is 0.493 e. The quantitative estimate of drug-likeness (QED) is 0.735. The zero-order valence-electron chi connectivity index (χ0n) is 13.7. The number of para-hydroxylation sites is 1. The predicted octanol–water partition coefficient (Wildman–Crippen LogP) is 3.05.